The summed E-state index contributed by atoms with van der Waals surface area (Å²) in [6.45, 7) is 5.70. The Balaban J connectivity index is 1.87. The van der Waals surface area contributed by atoms with Crippen molar-refractivity contribution in [3.63, 3.8) is 0 Å². The molecular weight excluding hydrogens is 208 g/mol. The lowest BCUT2D eigenvalue weighted by molar-refractivity contribution is 0.327. The van der Waals surface area contributed by atoms with Crippen LogP contribution in [0, 0.1) is 17.2 Å². The summed E-state index contributed by atoms with van der Waals surface area (Å²) in [5, 5.41) is 8.48. The Morgan fingerprint density at radius 3 is 2.29 bits per heavy atom. The maximum atomic E-state index is 8.48. The van der Waals surface area contributed by atoms with Gasteiger partial charge < -0.3 is 4.90 Å². The van der Waals surface area contributed by atoms with Crippen LogP contribution in [0.4, 0.5) is 0 Å². The highest BCUT2D eigenvalue weighted by atomic mass is 15.2. The van der Waals surface area contributed by atoms with E-state index < -0.39 is 0 Å². The van der Waals surface area contributed by atoms with Gasteiger partial charge in [0, 0.05) is 18.5 Å². The van der Waals surface area contributed by atoms with Crippen LogP contribution < -0.4 is 0 Å². The molecule has 0 radical (unpaired) electrons. The van der Waals surface area contributed by atoms with E-state index in [1.54, 1.807) is 0 Å². The van der Waals surface area contributed by atoms with Crippen molar-refractivity contribution in [1.29, 1.82) is 5.41 Å². The molecule has 0 unspecified atom stereocenters. The second-order valence-electron chi connectivity index (χ2n) is 6.33. The highest BCUT2D eigenvalue weighted by Gasteiger charge is 2.33. The van der Waals surface area contributed by atoms with Crippen molar-refractivity contribution in [3.05, 3.63) is 0 Å². The summed E-state index contributed by atoms with van der Waals surface area (Å²) in [5.41, 5.74) is 0. The van der Waals surface area contributed by atoms with Gasteiger partial charge in [0.05, 0.1) is 5.84 Å². The zero-order chi connectivity index (χ0) is 12.3. The molecule has 2 rings (SSSR count). The Labute approximate surface area is 106 Å². The SMILES string of the molecule is CC(C)CCN(C(=N)C1CCCCC1)C1CC1. The van der Waals surface area contributed by atoms with Gasteiger partial charge in [0.15, 0.2) is 0 Å². The van der Waals surface area contributed by atoms with Crippen LogP contribution in [0.25, 0.3) is 0 Å². The Morgan fingerprint density at radius 2 is 1.76 bits per heavy atom. The highest BCUT2D eigenvalue weighted by molar-refractivity contribution is 5.82. The second kappa shape index (κ2) is 5.88. The third kappa shape index (κ3) is 3.72. The van der Waals surface area contributed by atoms with Crippen LogP contribution in [0.1, 0.15) is 65.2 Å². The summed E-state index contributed by atoms with van der Waals surface area (Å²) >= 11 is 0. The first-order valence-electron chi connectivity index (χ1n) is 7.53. The molecule has 98 valence electrons. The lowest BCUT2D eigenvalue weighted by Crippen LogP contribution is -2.39. The van der Waals surface area contributed by atoms with Crippen molar-refractivity contribution in [3.8, 4) is 0 Å². The lowest BCUT2D eigenvalue weighted by Gasteiger charge is -2.32. The summed E-state index contributed by atoms with van der Waals surface area (Å²) in [4.78, 5) is 2.44. The van der Waals surface area contributed by atoms with Crippen LogP contribution in [-0.4, -0.2) is 23.3 Å². The molecule has 2 nitrogen and oxygen atoms in total. The smallest absolute Gasteiger partial charge is 0.0992 e. The number of nitrogens with one attached hydrogen (secondary N) is 1. The molecule has 1 N–H and O–H groups in total. The second-order valence-corrected chi connectivity index (χ2v) is 6.33. The average molecular weight is 236 g/mol. The fourth-order valence-corrected chi connectivity index (χ4v) is 2.89. The molecule has 2 fully saturated rings. The van der Waals surface area contributed by atoms with Crippen LogP contribution in [0.5, 0.6) is 0 Å². The first-order chi connectivity index (χ1) is 8.18. The van der Waals surface area contributed by atoms with E-state index in [1.807, 2.05) is 0 Å². The lowest BCUT2D eigenvalue weighted by atomic mass is 9.87. The van der Waals surface area contributed by atoms with E-state index >= 15 is 0 Å². The molecule has 0 aromatic heterocycles. The van der Waals surface area contributed by atoms with E-state index in [2.05, 4.69) is 18.7 Å². The average Bonchev–Trinajstić information content (AvgIpc) is 3.14. The number of amidine groups is 1. The Morgan fingerprint density at radius 1 is 1.12 bits per heavy atom. The van der Waals surface area contributed by atoms with E-state index in [-0.39, 0.29) is 0 Å². The first kappa shape index (κ1) is 12.9. The van der Waals surface area contributed by atoms with E-state index in [0.717, 1.165) is 24.3 Å². The van der Waals surface area contributed by atoms with Gasteiger partial charge in [0.1, 0.15) is 0 Å². The molecular formula is C15H28N2. The molecule has 0 heterocycles. The molecule has 2 aliphatic carbocycles. The maximum absolute atomic E-state index is 8.48. The van der Waals surface area contributed by atoms with Crippen LogP contribution in [0.2, 0.25) is 0 Å². The van der Waals surface area contributed by atoms with E-state index in [9.17, 15) is 0 Å². The third-order valence-electron chi connectivity index (χ3n) is 4.24. The van der Waals surface area contributed by atoms with Crippen LogP contribution in [0.3, 0.4) is 0 Å². The van der Waals surface area contributed by atoms with E-state index in [0.29, 0.717) is 5.92 Å². The van der Waals surface area contributed by atoms with Gasteiger partial charge in [-0.2, -0.15) is 0 Å². The monoisotopic (exact) mass is 236 g/mol. The maximum Gasteiger partial charge on any atom is 0.0992 e. The fourth-order valence-electron chi connectivity index (χ4n) is 2.89. The molecule has 17 heavy (non-hydrogen) atoms. The first-order valence-corrected chi connectivity index (χ1v) is 7.53. The van der Waals surface area contributed by atoms with Crippen molar-refractivity contribution in [2.75, 3.05) is 6.54 Å². The number of nitrogens with zero attached hydrogens (tertiary/aromatic N) is 1. The summed E-state index contributed by atoms with van der Waals surface area (Å²) in [7, 11) is 0. The summed E-state index contributed by atoms with van der Waals surface area (Å²) in [6, 6.07) is 0.725. The van der Waals surface area contributed by atoms with Gasteiger partial charge in [-0.05, 0) is 38.0 Å². The summed E-state index contributed by atoms with van der Waals surface area (Å²) in [5.74, 6) is 2.32. The summed E-state index contributed by atoms with van der Waals surface area (Å²) in [6.07, 6.45) is 10.5. The number of hydrogen-bond acceptors (Lipinski definition) is 1. The third-order valence-corrected chi connectivity index (χ3v) is 4.24. The molecule has 2 aliphatic rings. The molecule has 0 amide bonds. The fraction of sp³-hybridized carbons (Fsp3) is 0.933. The molecule has 0 aromatic carbocycles. The minimum atomic E-state index is 0.580. The minimum absolute atomic E-state index is 0.580. The van der Waals surface area contributed by atoms with Gasteiger partial charge in [-0.15, -0.1) is 0 Å². The highest BCUT2D eigenvalue weighted by Crippen LogP contribution is 2.32. The van der Waals surface area contributed by atoms with Crippen molar-refractivity contribution < 1.29 is 0 Å². The predicted octanol–water partition coefficient (Wildman–Crippen LogP) is 4.05. The van der Waals surface area contributed by atoms with Crippen LogP contribution in [-0.2, 0) is 0 Å². The molecule has 0 saturated heterocycles. The van der Waals surface area contributed by atoms with Gasteiger partial charge in [0.2, 0.25) is 0 Å². The van der Waals surface area contributed by atoms with E-state index in [4.69, 9.17) is 5.41 Å². The van der Waals surface area contributed by atoms with Crippen molar-refractivity contribution in [1.82, 2.24) is 4.90 Å². The zero-order valence-electron chi connectivity index (χ0n) is 11.5. The molecule has 0 aromatic rings. The number of hydrogen-bond donors (Lipinski definition) is 1. The molecule has 0 atom stereocenters. The van der Waals surface area contributed by atoms with Gasteiger partial charge in [-0.3, -0.25) is 5.41 Å². The van der Waals surface area contributed by atoms with E-state index in [1.165, 1.54) is 51.4 Å². The predicted molar refractivity (Wildman–Crippen MR) is 73.5 cm³/mol. The van der Waals surface area contributed by atoms with Gasteiger partial charge in [-0.25, -0.2) is 0 Å². The van der Waals surface area contributed by atoms with Crippen molar-refractivity contribution in [2.45, 2.75) is 71.3 Å². The van der Waals surface area contributed by atoms with Gasteiger partial charge >= 0.3 is 0 Å². The van der Waals surface area contributed by atoms with Gasteiger partial charge in [-0.1, -0.05) is 33.1 Å². The Kier molecular flexibility index (Phi) is 4.47. The minimum Gasteiger partial charge on any atom is -0.357 e. The zero-order valence-corrected chi connectivity index (χ0v) is 11.5. The molecule has 2 heteroatoms. The van der Waals surface area contributed by atoms with Crippen LogP contribution in [0.15, 0.2) is 0 Å². The number of rotatable bonds is 5. The van der Waals surface area contributed by atoms with Crippen molar-refractivity contribution >= 4 is 5.84 Å². The van der Waals surface area contributed by atoms with Gasteiger partial charge in [0.25, 0.3) is 0 Å². The quantitative estimate of drug-likeness (QED) is 0.566. The van der Waals surface area contributed by atoms with Crippen LogP contribution >= 0.6 is 0 Å². The van der Waals surface area contributed by atoms with Crippen molar-refractivity contribution in [2.24, 2.45) is 11.8 Å². The standard InChI is InChI=1S/C15H28N2/c1-12(2)10-11-17(14-8-9-14)15(16)13-6-4-3-5-7-13/h12-14,16H,3-11H2,1-2H3. The Bertz CT molecular complexity index is 250. The molecule has 2 saturated carbocycles. The summed E-state index contributed by atoms with van der Waals surface area (Å²) < 4.78 is 0. The molecule has 0 spiro atoms. The topological polar surface area (TPSA) is 27.1 Å². The molecule has 0 aliphatic heterocycles. The molecule has 0 bridgehead atoms. The normalized spacial score (nSPS) is 21.8. The Hall–Kier alpha value is -0.530. The largest absolute Gasteiger partial charge is 0.357 e.